The van der Waals surface area contributed by atoms with Gasteiger partial charge in [-0.15, -0.1) is 11.3 Å². The molecule has 1 aromatic heterocycles. The standard InChI is InChI=1S/C22H20N4OS2/c1-15-14-28-21(23-15)24-22-26(18-7-5-4-6-8-18)20(27)19(29-22)13-16-9-11-17(12-10-16)25(2)3/h4-14H,1-3H3/b19-13-,24-22+. The summed E-state index contributed by atoms with van der Waals surface area (Å²) in [6.45, 7) is 1.94. The van der Waals surface area contributed by atoms with Crippen molar-refractivity contribution in [2.24, 2.45) is 4.99 Å². The quantitative estimate of drug-likeness (QED) is 0.536. The SMILES string of the molecule is Cc1csc(/N=C2/S/C(=C\c3ccc(N(C)C)cc3)C(=O)N2c2ccccc2)n1. The number of hydrogen-bond acceptors (Lipinski definition) is 6. The third kappa shape index (κ3) is 4.26. The van der Waals surface area contributed by atoms with Crippen LogP contribution in [0.25, 0.3) is 6.08 Å². The van der Waals surface area contributed by atoms with Gasteiger partial charge in [0, 0.05) is 25.2 Å². The first-order valence-corrected chi connectivity index (χ1v) is 10.8. The Hall–Kier alpha value is -2.90. The summed E-state index contributed by atoms with van der Waals surface area (Å²) in [7, 11) is 4.01. The van der Waals surface area contributed by atoms with Gasteiger partial charge in [0.25, 0.3) is 5.91 Å². The zero-order chi connectivity index (χ0) is 20.4. The number of amidine groups is 1. The first-order valence-electron chi connectivity index (χ1n) is 9.08. The molecule has 0 N–H and O–H groups in total. The summed E-state index contributed by atoms with van der Waals surface area (Å²) < 4.78 is 0. The minimum atomic E-state index is -0.0788. The van der Waals surface area contributed by atoms with Crippen LogP contribution in [0.3, 0.4) is 0 Å². The van der Waals surface area contributed by atoms with Crippen LogP contribution >= 0.6 is 23.1 Å². The molecule has 0 atom stereocenters. The van der Waals surface area contributed by atoms with E-state index in [0.29, 0.717) is 15.2 Å². The number of anilines is 2. The summed E-state index contributed by atoms with van der Waals surface area (Å²) in [5.74, 6) is -0.0788. The van der Waals surface area contributed by atoms with E-state index in [-0.39, 0.29) is 5.91 Å². The van der Waals surface area contributed by atoms with E-state index in [2.05, 4.69) is 9.98 Å². The lowest BCUT2D eigenvalue weighted by Gasteiger charge is -2.15. The number of aliphatic imine (C=N–C) groups is 1. The van der Waals surface area contributed by atoms with E-state index in [4.69, 9.17) is 0 Å². The Morgan fingerprint density at radius 1 is 1.07 bits per heavy atom. The molecule has 146 valence electrons. The zero-order valence-corrected chi connectivity index (χ0v) is 18.0. The van der Waals surface area contributed by atoms with Crippen molar-refractivity contribution in [2.45, 2.75) is 6.92 Å². The summed E-state index contributed by atoms with van der Waals surface area (Å²) in [4.78, 5) is 26.6. The van der Waals surface area contributed by atoms with E-state index >= 15 is 0 Å². The molecule has 1 amide bonds. The fourth-order valence-electron chi connectivity index (χ4n) is 2.85. The monoisotopic (exact) mass is 420 g/mol. The molecule has 5 nitrogen and oxygen atoms in total. The number of thiazole rings is 1. The van der Waals surface area contributed by atoms with Crippen LogP contribution in [0.2, 0.25) is 0 Å². The van der Waals surface area contributed by atoms with Gasteiger partial charge in [0.15, 0.2) is 5.17 Å². The van der Waals surface area contributed by atoms with Gasteiger partial charge in [-0.25, -0.2) is 4.98 Å². The molecule has 29 heavy (non-hydrogen) atoms. The largest absolute Gasteiger partial charge is 0.378 e. The highest BCUT2D eigenvalue weighted by atomic mass is 32.2. The molecule has 0 unspecified atom stereocenters. The molecule has 1 aliphatic rings. The van der Waals surface area contributed by atoms with Gasteiger partial charge in [0.1, 0.15) is 0 Å². The van der Waals surface area contributed by atoms with Gasteiger partial charge in [0.05, 0.1) is 16.3 Å². The normalized spacial score (nSPS) is 16.8. The maximum atomic E-state index is 13.2. The van der Waals surface area contributed by atoms with Crippen molar-refractivity contribution in [3.05, 3.63) is 76.1 Å². The second-order valence-corrected chi connectivity index (χ2v) is 8.58. The van der Waals surface area contributed by atoms with Crippen molar-refractivity contribution < 1.29 is 4.79 Å². The average Bonchev–Trinajstić information content (AvgIpc) is 3.26. The Kier molecular flexibility index (Phi) is 5.51. The van der Waals surface area contributed by atoms with Crippen molar-refractivity contribution in [2.75, 3.05) is 23.9 Å². The minimum absolute atomic E-state index is 0.0788. The second kappa shape index (κ2) is 8.23. The Labute approximate surface area is 178 Å². The van der Waals surface area contributed by atoms with Gasteiger partial charge in [-0.1, -0.05) is 30.3 Å². The molecule has 0 bridgehead atoms. The van der Waals surface area contributed by atoms with Gasteiger partial charge in [0.2, 0.25) is 5.13 Å². The number of hydrogen-bond donors (Lipinski definition) is 0. The number of thioether (sulfide) groups is 1. The minimum Gasteiger partial charge on any atom is -0.378 e. The molecule has 4 rings (SSSR count). The van der Waals surface area contributed by atoms with E-state index < -0.39 is 0 Å². The van der Waals surface area contributed by atoms with Crippen LogP contribution in [0.4, 0.5) is 16.5 Å². The van der Waals surface area contributed by atoms with Crippen LogP contribution in [0, 0.1) is 6.92 Å². The molecule has 1 fully saturated rings. The summed E-state index contributed by atoms with van der Waals surface area (Å²) in [5.41, 5.74) is 3.81. The van der Waals surface area contributed by atoms with Gasteiger partial charge in [-0.3, -0.25) is 9.69 Å². The van der Waals surface area contributed by atoms with Crippen molar-refractivity contribution in [1.29, 1.82) is 0 Å². The molecule has 7 heteroatoms. The summed E-state index contributed by atoms with van der Waals surface area (Å²) >= 11 is 2.85. The molecule has 2 heterocycles. The lowest BCUT2D eigenvalue weighted by atomic mass is 10.2. The van der Waals surface area contributed by atoms with Crippen LogP contribution < -0.4 is 9.80 Å². The number of amides is 1. The smallest absolute Gasteiger partial charge is 0.271 e. The van der Waals surface area contributed by atoms with Crippen molar-refractivity contribution in [3.63, 3.8) is 0 Å². The molecule has 2 aromatic carbocycles. The van der Waals surface area contributed by atoms with E-state index in [1.54, 1.807) is 4.90 Å². The van der Waals surface area contributed by atoms with Gasteiger partial charge in [-0.2, -0.15) is 4.99 Å². The maximum Gasteiger partial charge on any atom is 0.271 e. The summed E-state index contributed by atoms with van der Waals surface area (Å²) in [5, 5.41) is 3.22. The summed E-state index contributed by atoms with van der Waals surface area (Å²) in [6, 6.07) is 17.7. The Balaban J connectivity index is 1.71. The number of aromatic nitrogens is 1. The molecule has 0 aliphatic carbocycles. The Bertz CT molecular complexity index is 1090. The van der Waals surface area contributed by atoms with E-state index in [9.17, 15) is 4.79 Å². The third-order valence-electron chi connectivity index (χ3n) is 4.33. The van der Waals surface area contributed by atoms with Crippen LogP contribution in [-0.2, 0) is 4.79 Å². The molecule has 0 saturated carbocycles. The first kappa shape index (κ1) is 19.4. The highest BCUT2D eigenvalue weighted by molar-refractivity contribution is 8.19. The third-order valence-corrected chi connectivity index (χ3v) is 6.15. The average molecular weight is 421 g/mol. The molecular weight excluding hydrogens is 400 g/mol. The number of benzene rings is 2. The highest BCUT2D eigenvalue weighted by Gasteiger charge is 2.34. The Morgan fingerprint density at radius 2 is 1.79 bits per heavy atom. The Morgan fingerprint density at radius 3 is 2.41 bits per heavy atom. The topological polar surface area (TPSA) is 48.8 Å². The second-order valence-electron chi connectivity index (χ2n) is 6.74. The number of nitrogens with zero attached hydrogens (tertiary/aromatic N) is 4. The number of aryl methyl sites for hydroxylation is 1. The van der Waals surface area contributed by atoms with Gasteiger partial charge in [-0.05, 0) is 54.6 Å². The van der Waals surface area contributed by atoms with E-state index in [0.717, 1.165) is 22.6 Å². The van der Waals surface area contributed by atoms with Crippen molar-refractivity contribution in [1.82, 2.24) is 4.98 Å². The van der Waals surface area contributed by atoms with Gasteiger partial charge < -0.3 is 4.90 Å². The first-order chi connectivity index (χ1) is 14.0. The fraction of sp³-hybridized carbons (Fsp3) is 0.136. The van der Waals surface area contributed by atoms with Crippen LogP contribution in [-0.4, -0.2) is 30.2 Å². The number of carbonyl (C=O) groups is 1. The van der Waals surface area contributed by atoms with Crippen LogP contribution in [0.15, 0.2) is 69.9 Å². The lowest BCUT2D eigenvalue weighted by Crippen LogP contribution is -2.28. The molecule has 0 spiro atoms. The fourth-order valence-corrected chi connectivity index (χ4v) is 4.55. The highest BCUT2D eigenvalue weighted by Crippen LogP contribution is 2.37. The van der Waals surface area contributed by atoms with Crippen molar-refractivity contribution in [3.8, 4) is 0 Å². The molecule has 1 saturated heterocycles. The molecule has 3 aromatic rings. The van der Waals surface area contributed by atoms with E-state index in [1.165, 1.54) is 23.1 Å². The number of carbonyl (C=O) groups excluding carboxylic acids is 1. The predicted octanol–water partition coefficient (Wildman–Crippen LogP) is 5.33. The van der Waals surface area contributed by atoms with Crippen LogP contribution in [0.1, 0.15) is 11.3 Å². The maximum absolute atomic E-state index is 13.2. The number of para-hydroxylation sites is 1. The number of rotatable bonds is 4. The predicted molar refractivity (Wildman–Crippen MR) is 124 cm³/mol. The van der Waals surface area contributed by atoms with E-state index in [1.807, 2.05) is 92.0 Å². The molecule has 0 radical (unpaired) electrons. The zero-order valence-electron chi connectivity index (χ0n) is 16.4. The molecule has 1 aliphatic heterocycles. The van der Waals surface area contributed by atoms with Crippen molar-refractivity contribution >= 4 is 56.8 Å². The van der Waals surface area contributed by atoms with Crippen LogP contribution in [0.5, 0.6) is 0 Å². The van der Waals surface area contributed by atoms with Gasteiger partial charge >= 0.3 is 0 Å². The lowest BCUT2D eigenvalue weighted by molar-refractivity contribution is -0.113. The molecular formula is C22H20N4OS2. The summed E-state index contributed by atoms with van der Waals surface area (Å²) in [6.07, 6.45) is 1.91.